The summed E-state index contributed by atoms with van der Waals surface area (Å²) < 4.78 is 4.58. The van der Waals surface area contributed by atoms with Gasteiger partial charge in [-0.1, -0.05) is 48.5 Å². The van der Waals surface area contributed by atoms with Crippen LogP contribution in [0.3, 0.4) is 0 Å². The third-order valence-corrected chi connectivity index (χ3v) is 4.91. The molecule has 0 fully saturated rings. The third kappa shape index (κ3) is 4.12. The first-order valence-electron chi connectivity index (χ1n) is 9.36. The first-order valence-corrected chi connectivity index (χ1v) is 9.36. The second-order valence-electron chi connectivity index (χ2n) is 6.87. The number of benzene rings is 2. The monoisotopic (exact) mass is 352 g/mol. The van der Waals surface area contributed by atoms with E-state index in [1.54, 1.807) is 0 Å². The Balaban J connectivity index is 1.54. The van der Waals surface area contributed by atoms with Crippen LogP contribution in [0.1, 0.15) is 16.8 Å². The lowest BCUT2D eigenvalue weighted by Gasteiger charge is -2.05. The van der Waals surface area contributed by atoms with Gasteiger partial charge in [0, 0.05) is 47.9 Å². The van der Waals surface area contributed by atoms with Crippen molar-refractivity contribution in [3.8, 4) is 11.3 Å². The molecule has 132 valence electrons. The van der Waals surface area contributed by atoms with Crippen LogP contribution in [0.4, 0.5) is 0 Å². The Kier molecular flexibility index (Phi) is 5.06. The highest BCUT2D eigenvalue weighted by atomic mass is 15.0. The molecule has 2 aromatic carbocycles. The standard InChI is InChI=1S/C25H24N2/c1-21-9-5-7-17-26(21)19-22-13-15-23(16-14-22)20-27-18-8-6-12-25(27)24-10-3-2-4-11-24/h2-18H,19-20H2,1H3/q+2. The smallest absolute Gasteiger partial charge is 0.198 e. The summed E-state index contributed by atoms with van der Waals surface area (Å²) in [6, 6.07) is 32.2. The van der Waals surface area contributed by atoms with E-state index in [9.17, 15) is 0 Å². The summed E-state index contributed by atoms with van der Waals surface area (Å²) in [6.07, 6.45) is 4.29. The van der Waals surface area contributed by atoms with E-state index in [1.165, 1.54) is 28.1 Å². The maximum absolute atomic E-state index is 2.31. The lowest BCUT2D eigenvalue weighted by molar-refractivity contribution is -0.694. The van der Waals surface area contributed by atoms with Gasteiger partial charge in [0.05, 0.1) is 0 Å². The lowest BCUT2D eigenvalue weighted by atomic mass is 10.1. The molecule has 0 unspecified atom stereocenters. The summed E-state index contributed by atoms with van der Waals surface area (Å²) in [7, 11) is 0. The molecule has 0 saturated heterocycles. The van der Waals surface area contributed by atoms with Gasteiger partial charge in [0.2, 0.25) is 5.69 Å². The van der Waals surface area contributed by atoms with Crippen molar-refractivity contribution < 1.29 is 9.13 Å². The van der Waals surface area contributed by atoms with Crippen molar-refractivity contribution in [1.29, 1.82) is 0 Å². The minimum atomic E-state index is 0.864. The molecule has 2 heteroatoms. The fourth-order valence-corrected chi connectivity index (χ4v) is 3.37. The molecule has 2 nitrogen and oxygen atoms in total. The fraction of sp³-hybridized carbons (Fsp3) is 0.120. The molecule has 0 N–H and O–H groups in total. The molecule has 4 rings (SSSR count). The van der Waals surface area contributed by atoms with Gasteiger partial charge in [-0.15, -0.1) is 0 Å². The number of rotatable bonds is 5. The Morgan fingerprint density at radius 3 is 1.78 bits per heavy atom. The zero-order valence-electron chi connectivity index (χ0n) is 15.6. The Bertz CT molecular complexity index is 1020. The molecule has 0 bridgehead atoms. The van der Waals surface area contributed by atoms with E-state index in [2.05, 4.69) is 119 Å². The van der Waals surface area contributed by atoms with Crippen LogP contribution in [0.2, 0.25) is 0 Å². The Morgan fingerprint density at radius 1 is 0.556 bits per heavy atom. The molecule has 4 aromatic rings. The van der Waals surface area contributed by atoms with E-state index in [-0.39, 0.29) is 0 Å². The molecule has 0 amide bonds. The zero-order valence-corrected chi connectivity index (χ0v) is 15.6. The largest absolute Gasteiger partial charge is 0.212 e. The highest BCUT2D eigenvalue weighted by molar-refractivity contribution is 5.55. The van der Waals surface area contributed by atoms with E-state index >= 15 is 0 Å². The van der Waals surface area contributed by atoms with E-state index in [0.717, 1.165) is 13.1 Å². The van der Waals surface area contributed by atoms with E-state index in [4.69, 9.17) is 0 Å². The number of aryl methyl sites for hydroxylation is 1. The summed E-state index contributed by atoms with van der Waals surface area (Å²) in [6.45, 7) is 3.91. The molecule has 27 heavy (non-hydrogen) atoms. The van der Waals surface area contributed by atoms with Gasteiger partial charge < -0.3 is 0 Å². The molecular formula is C25H24N2+2. The van der Waals surface area contributed by atoms with E-state index in [1.807, 2.05) is 0 Å². The first-order chi connectivity index (χ1) is 13.3. The van der Waals surface area contributed by atoms with Gasteiger partial charge in [-0.2, -0.15) is 9.13 Å². The summed E-state index contributed by atoms with van der Waals surface area (Å²) >= 11 is 0. The molecule has 0 aliphatic heterocycles. The van der Waals surface area contributed by atoms with E-state index in [0.29, 0.717) is 0 Å². The highest BCUT2D eigenvalue weighted by Crippen LogP contribution is 2.15. The number of hydrogen-bond acceptors (Lipinski definition) is 0. The Morgan fingerprint density at radius 2 is 1.11 bits per heavy atom. The van der Waals surface area contributed by atoms with Crippen molar-refractivity contribution in [3.63, 3.8) is 0 Å². The summed E-state index contributed by atoms with van der Waals surface area (Å²) in [5.41, 5.74) is 6.37. The molecule has 0 aliphatic carbocycles. The Hall–Kier alpha value is -3.26. The second kappa shape index (κ2) is 7.96. The van der Waals surface area contributed by atoms with Crippen LogP contribution in [0.5, 0.6) is 0 Å². The number of pyridine rings is 2. The van der Waals surface area contributed by atoms with Gasteiger partial charge in [-0.05, 0) is 18.2 Å². The molecule has 0 saturated carbocycles. The van der Waals surface area contributed by atoms with Crippen molar-refractivity contribution in [2.45, 2.75) is 20.0 Å². The SMILES string of the molecule is Cc1cccc[n+]1Cc1ccc(C[n+]2ccccc2-c2ccccc2)cc1. The van der Waals surface area contributed by atoms with E-state index < -0.39 is 0 Å². The predicted octanol–water partition coefficient (Wildman–Crippen LogP) is 4.33. The third-order valence-electron chi connectivity index (χ3n) is 4.91. The van der Waals surface area contributed by atoms with Crippen LogP contribution in [0, 0.1) is 6.92 Å². The van der Waals surface area contributed by atoms with Gasteiger partial charge in [0.15, 0.2) is 31.2 Å². The minimum Gasteiger partial charge on any atom is -0.198 e. The summed E-state index contributed by atoms with van der Waals surface area (Å²) in [4.78, 5) is 0. The molecule has 2 aromatic heterocycles. The topological polar surface area (TPSA) is 7.76 Å². The van der Waals surface area contributed by atoms with Crippen molar-refractivity contribution >= 4 is 0 Å². The molecule has 0 atom stereocenters. The maximum Gasteiger partial charge on any atom is 0.212 e. The number of nitrogens with zero attached hydrogens (tertiary/aromatic N) is 2. The van der Waals surface area contributed by atoms with Gasteiger partial charge in [0.25, 0.3) is 0 Å². The van der Waals surface area contributed by atoms with Gasteiger partial charge in [-0.25, -0.2) is 0 Å². The van der Waals surface area contributed by atoms with Crippen molar-refractivity contribution in [2.75, 3.05) is 0 Å². The van der Waals surface area contributed by atoms with Gasteiger partial charge in [0.1, 0.15) is 0 Å². The summed E-state index contributed by atoms with van der Waals surface area (Å²) in [5, 5.41) is 0. The van der Waals surface area contributed by atoms with Crippen LogP contribution >= 0.6 is 0 Å². The molecule has 0 radical (unpaired) electrons. The van der Waals surface area contributed by atoms with Crippen LogP contribution in [0.15, 0.2) is 103 Å². The maximum atomic E-state index is 2.31. The van der Waals surface area contributed by atoms with Gasteiger partial charge in [-0.3, -0.25) is 0 Å². The second-order valence-corrected chi connectivity index (χ2v) is 6.87. The average Bonchev–Trinajstić information content (AvgIpc) is 2.72. The van der Waals surface area contributed by atoms with Crippen LogP contribution < -0.4 is 9.13 Å². The average molecular weight is 352 g/mol. The van der Waals surface area contributed by atoms with Crippen LogP contribution in [0.25, 0.3) is 11.3 Å². The molecule has 2 heterocycles. The first kappa shape index (κ1) is 17.2. The minimum absolute atomic E-state index is 0.864. The quantitative estimate of drug-likeness (QED) is 0.472. The van der Waals surface area contributed by atoms with Crippen LogP contribution in [-0.2, 0) is 13.1 Å². The molecule has 0 spiro atoms. The Labute approximate surface area is 161 Å². The van der Waals surface area contributed by atoms with Gasteiger partial charge >= 0.3 is 0 Å². The lowest BCUT2D eigenvalue weighted by Crippen LogP contribution is -2.37. The highest BCUT2D eigenvalue weighted by Gasteiger charge is 2.13. The van der Waals surface area contributed by atoms with Crippen molar-refractivity contribution in [3.05, 3.63) is 120 Å². The van der Waals surface area contributed by atoms with Crippen molar-refractivity contribution in [1.82, 2.24) is 0 Å². The molecular weight excluding hydrogens is 328 g/mol. The predicted molar refractivity (Wildman–Crippen MR) is 108 cm³/mol. The normalized spacial score (nSPS) is 10.7. The van der Waals surface area contributed by atoms with Crippen molar-refractivity contribution in [2.24, 2.45) is 0 Å². The zero-order chi connectivity index (χ0) is 18.5. The summed E-state index contributed by atoms with van der Waals surface area (Å²) in [5.74, 6) is 0. The fourth-order valence-electron chi connectivity index (χ4n) is 3.37. The molecule has 0 aliphatic rings. The van der Waals surface area contributed by atoms with Crippen LogP contribution in [-0.4, -0.2) is 0 Å². The number of aromatic nitrogens is 2. The number of hydrogen-bond donors (Lipinski definition) is 0.